The molecule has 4 rings (SSSR count). The van der Waals surface area contributed by atoms with E-state index in [4.69, 9.17) is 5.73 Å². The summed E-state index contributed by atoms with van der Waals surface area (Å²) >= 11 is 0. The first-order chi connectivity index (χ1) is 15.3. The first-order valence-corrected chi connectivity index (χ1v) is 10.7. The van der Waals surface area contributed by atoms with Crippen LogP contribution in [-0.2, 0) is 6.42 Å². The molecular formula is C25H24F3N3O. The first-order valence-electron chi connectivity index (χ1n) is 10.7. The van der Waals surface area contributed by atoms with Crippen molar-refractivity contribution in [3.05, 3.63) is 83.1 Å². The van der Waals surface area contributed by atoms with Gasteiger partial charge in [-0.3, -0.25) is 9.78 Å². The van der Waals surface area contributed by atoms with E-state index >= 15 is 0 Å². The topological polar surface area (TPSA) is 68.9 Å². The number of ketones is 1. The number of nitrogens with zero attached hydrogens (tertiary/aromatic N) is 2. The van der Waals surface area contributed by atoms with Crippen LogP contribution in [0.25, 0.3) is 11.3 Å². The number of benzene rings is 1. The van der Waals surface area contributed by atoms with Crippen LogP contribution in [0.3, 0.4) is 0 Å². The Morgan fingerprint density at radius 1 is 1.03 bits per heavy atom. The quantitative estimate of drug-likeness (QED) is 0.554. The molecule has 0 unspecified atom stereocenters. The van der Waals surface area contributed by atoms with Crippen LogP contribution >= 0.6 is 0 Å². The number of carbonyl (C=O) groups excluding carboxylic acids is 1. The molecule has 1 fully saturated rings. The van der Waals surface area contributed by atoms with Crippen molar-refractivity contribution in [1.29, 1.82) is 0 Å². The van der Waals surface area contributed by atoms with Crippen LogP contribution < -0.4 is 5.73 Å². The van der Waals surface area contributed by atoms with Gasteiger partial charge in [0.05, 0.1) is 5.56 Å². The fourth-order valence-corrected chi connectivity index (χ4v) is 4.65. The average Bonchev–Trinajstić information content (AvgIpc) is 2.74. The van der Waals surface area contributed by atoms with Crippen molar-refractivity contribution in [1.82, 2.24) is 9.97 Å². The molecule has 0 amide bonds. The molecule has 2 N–H and O–H groups in total. The Bertz CT molecular complexity index is 1120. The monoisotopic (exact) mass is 439 g/mol. The van der Waals surface area contributed by atoms with Gasteiger partial charge in [-0.25, -0.2) is 18.2 Å². The molecule has 32 heavy (non-hydrogen) atoms. The Morgan fingerprint density at radius 2 is 1.78 bits per heavy atom. The van der Waals surface area contributed by atoms with E-state index in [9.17, 15) is 18.0 Å². The van der Waals surface area contributed by atoms with E-state index in [-0.39, 0.29) is 29.9 Å². The fourth-order valence-electron chi connectivity index (χ4n) is 4.65. The van der Waals surface area contributed by atoms with Crippen molar-refractivity contribution in [2.24, 2.45) is 11.7 Å². The summed E-state index contributed by atoms with van der Waals surface area (Å²) in [6.07, 6.45) is 6.14. The Balaban J connectivity index is 1.64. The third-order valence-corrected chi connectivity index (χ3v) is 6.04. The number of carbonyl (C=O) groups is 1. The number of Topliss-reactive ketones (excluding diaryl/α,β-unsaturated/α-hetero) is 1. The van der Waals surface area contributed by atoms with Crippen LogP contribution in [-0.4, -0.2) is 21.8 Å². The van der Waals surface area contributed by atoms with Crippen LogP contribution in [0.4, 0.5) is 13.2 Å². The van der Waals surface area contributed by atoms with Gasteiger partial charge in [0.1, 0.15) is 28.8 Å². The molecular weight excluding hydrogens is 415 g/mol. The molecule has 0 radical (unpaired) electrons. The van der Waals surface area contributed by atoms with Gasteiger partial charge in [-0.2, -0.15) is 0 Å². The zero-order chi connectivity index (χ0) is 22.8. The summed E-state index contributed by atoms with van der Waals surface area (Å²) in [5.74, 6) is -2.47. The summed E-state index contributed by atoms with van der Waals surface area (Å²) in [6.45, 7) is 2.17. The Labute approximate surface area is 184 Å². The highest BCUT2D eigenvalue weighted by Crippen LogP contribution is 2.37. The van der Waals surface area contributed by atoms with E-state index in [0.717, 1.165) is 48.6 Å². The van der Waals surface area contributed by atoms with Crippen molar-refractivity contribution in [2.75, 3.05) is 0 Å². The lowest BCUT2D eigenvalue weighted by atomic mass is 9.75. The SMILES string of the molecule is C[C@H]1C[C@@H](N)C[C@@H](c2ccncc2CC(=O)c2ccc(F)c(-c3c(F)cccc3F)n2)C1. The highest BCUT2D eigenvalue weighted by atomic mass is 19.1. The molecule has 1 aliphatic rings. The molecule has 0 saturated heterocycles. The molecule has 1 aliphatic carbocycles. The van der Waals surface area contributed by atoms with Gasteiger partial charge in [0.15, 0.2) is 5.78 Å². The second-order valence-electron chi connectivity index (χ2n) is 8.57. The first kappa shape index (κ1) is 22.1. The summed E-state index contributed by atoms with van der Waals surface area (Å²) in [5, 5.41) is 0. The molecule has 166 valence electrons. The lowest BCUT2D eigenvalue weighted by Gasteiger charge is -2.32. The van der Waals surface area contributed by atoms with Crippen molar-refractivity contribution in [2.45, 2.75) is 44.6 Å². The van der Waals surface area contributed by atoms with Crippen LogP contribution in [0, 0.1) is 23.4 Å². The summed E-state index contributed by atoms with van der Waals surface area (Å²) in [7, 11) is 0. The molecule has 3 aromatic rings. The highest BCUT2D eigenvalue weighted by molar-refractivity contribution is 5.96. The summed E-state index contributed by atoms with van der Waals surface area (Å²) in [5.41, 5.74) is 6.82. The van der Waals surface area contributed by atoms with Gasteiger partial charge < -0.3 is 5.73 Å². The van der Waals surface area contributed by atoms with Gasteiger partial charge in [-0.15, -0.1) is 0 Å². The predicted octanol–water partition coefficient (Wildman–Crippen LogP) is 5.22. The van der Waals surface area contributed by atoms with Crippen molar-refractivity contribution >= 4 is 5.78 Å². The van der Waals surface area contributed by atoms with E-state index in [2.05, 4.69) is 16.9 Å². The average molecular weight is 439 g/mol. The lowest BCUT2D eigenvalue weighted by molar-refractivity contribution is 0.0987. The zero-order valence-corrected chi connectivity index (χ0v) is 17.7. The number of hydrogen-bond donors (Lipinski definition) is 1. The third-order valence-electron chi connectivity index (χ3n) is 6.04. The highest BCUT2D eigenvalue weighted by Gasteiger charge is 2.28. The zero-order valence-electron chi connectivity index (χ0n) is 17.7. The predicted molar refractivity (Wildman–Crippen MR) is 116 cm³/mol. The molecule has 0 bridgehead atoms. The minimum atomic E-state index is -0.946. The summed E-state index contributed by atoms with van der Waals surface area (Å²) < 4.78 is 42.7. The molecule has 7 heteroatoms. The molecule has 2 aromatic heterocycles. The molecule has 0 spiro atoms. The maximum atomic E-state index is 14.4. The molecule has 4 nitrogen and oxygen atoms in total. The van der Waals surface area contributed by atoms with E-state index in [1.165, 1.54) is 12.1 Å². The second-order valence-corrected chi connectivity index (χ2v) is 8.57. The minimum Gasteiger partial charge on any atom is -0.328 e. The number of rotatable bonds is 5. The maximum absolute atomic E-state index is 14.4. The van der Waals surface area contributed by atoms with E-state index in [1.54, 1.807) is 12.4 Å². The number of nitrogens with two attached hydrogens (primary N) is 1. The third kappa shape index (κ3) is 4.58. The lowest BCUT2D eigenvalue weighted by Crippen LogP contribution is -2.31. The molecule has 0 aliphatic heterocycles. The molecule has 1 aromatic carbocycles. The van der Waals surface area contributed by atoms with E-state index in [1.807, 2.05) is 6.07 Å². The maximum Gasteiger partial charge on any atom is 0.185 e. The van der Waals surface area contributed by atoms with Gasteiger partial charge in [0.2, 0.25) is 0 Å². The van der Waals surface area contributed by atoms with Gasteiger partial charge in [0.25, 0.3) is 0 Å². The molecule has 3 atom stereocenters. The Kier molecular flexibility index (Phi) is 6.37. The number of aromatic nitrogens is 2. The van der Waals surface area contributed by atoms with Crippen LogP contribution in [0.1, 0.15) is 53.7 Å². The van der Waals surface area contributed by atoms with Gasteiger partial charge in [-0.05, 0) is 72.6 Å². The fraction of sp³-hybridized carbons (Fsp3) is 0.320. The van der Waals surface area contributed by atoms with Crippen LogP contribution in [0.5, 0.6) is 0 Å². The van der Waals surface area contributed by atoms with Gasteiger partial charge in [0, 0.05) is 24.9 Å². The smallest absolute Gasteiger partial charge is 0.185 e. The summed E-state index contributed by atoms with van der Waals surface area (Å²) in [4.78, 5) is 21.2. The largest absolute Gasteiger partial charge is 0.328 e. The van der Waals surface area contributed by atoms with E-state index < -0.39 is 28.7 Å². The number of hydrogen-bond acceptors (Lipinski definition) is 4. The van der Waals surface area contributed by atoms with E-state index in [0.29, 0.717) is 5.92 Å². The van der Waals surface area contributed by atoms with Crippen LogP contribution in [0.15, 0.2) is 48.8 Å². The van der Waals surface area contributed by atoms with Gasteiger partial charge in [-0.1, -0.05) is 13.0 Å². The molecule has 2 heterocycles. The Morgan fingerprint density at radius 3 is 2.50 bits per heavy atom. The second kappa shape index (κ2) is 9.20. The minimum absolute atomic E-state index is 0.00111. The number of pyridine rings is 2. The Hall–Kier alpha value is -3.06. The number of halogens is 3. The molecule has 1 saturated carbocycles. The van der Waals surface area contributed by atoms with Crippen molar-refractivity contribution in [3.8, 4) is 11.3 Å². The van der Waals surface area contributed by atoms with Crippen molar-refractivity contribution in [3.63, 3.8) is 0 Å². The standard InChI is InChI=1S/C25H24F3N3O/c1-14-9-15(11-17(29)10-14)18-7-8-30-13-16(18)12-23(32)22-6-5-21(28)25(31-22)24-19(26)3-2-4-20(24)27/h2-8,13-15,17H,9-12,29H2,1H3/t14-,15+,17-/m1/s1. The summed E-state index contributed by atoms with van der Waals surface area (Å²) in [6, 6.07) is 7.48. The van der Waals surface area contributed by atoms with Crippen molar-refractivity contribution < 1.29 is 18.0 Å². The van der Waals surface area contributed by atoms with Gasteiger partial charge >= 0.3 is 0 Å². The normalized spacial score (nSPS) is 20.8. The van der Waals surface area contributed by atoms with Crippen LogP contribution in [0.2, 0.25) is 0 Å².